The molecule has 6 aromatic rings. The van der Waals surface area contributed by atoms with Gasteiger partial charge in [-0.3, -0.25) is 4.79 Å². The molecule has 0 unspecified atom stereocenters. The number of benzene rings is 4. The quantitative estimate of drug-likeness (QED) is 0.112. The number of methoxy groups -OCH3 is 1. The number of para-hydroxylation sites is 1. The lowest BCUT2D eigenvalue weighted by Gasteiger charge is -2.17. The first kappa shape index (κ1) is 29.4. The minimum atomic E-state index is -0.361. The topological polar surface area (TPSA) is 88.1 Å². The van der Waals surface area contributed by atoms with Crippen molar-refractivity contribution in [3.63, 3.8) is 0 Å². The molecule has 0 fully saturated rings. The Morgan fingerprint density at radius 1 is 0.956 bits per heavy atom. The third-order valence-corrected chi connectivity index (χ3v) is 7.19. The number of allylic oxidation sites excluding steroid dienone is 1. The summed E-state index contributed by atoms with van der Waals surface area (Å²) in [6.07, 6.45) is 3.76. The highest BCUT2D eigenvalue weighted by Gasteiger charge is 2.19. The Bertz CT molecular complexity index is 2110. The van der Waals surface area contributed by atoms with Crippen LogP contribution in [0, 0.1) is 5.82 Å². The molecule has 0 saturated heterocycles. The van der Waals surface area contributed by atoms with Crippen molar-refractivity contribution in [1.29, 1.82) is 0 Å². The summed E-state index contributed by atoms with van der Waals surface area (Å²) in [6, 6.07) is 24.4. The number of furan rings is 1. The summed E-state index contributed by atoms with van der Waals surface area (Å²) < 4.78 is 39.2. The first-order valence-corrected chi connectivity index (χ1v) is 14.4. The number of nitrogens with zero attached hydrogens (tertiary/aromatic N) is 3. The van der Waals surface area contributed by atoms with Gasteiger partial charge in [-0.25, -0.2) is 9.37 Å². The van der Waals surface area contributed by atoms with Crippen molar-refractivity contribution >= 4 is 28.1 Å². The van der Waals surface area contributed by atoms with Crippen LogP contribution in [0.5, 0.6) is 17.2 Å². The molecule has 0 amide bonds. The zero-order valence-corrected chi connectivity index (χ0v) is 24.8. The van der Waals surface area contributed by atoms with Crippen molar-refractivity contribution in [3.8, 4) is 28.8 Å². The minimum absolute atomic E-state index is 0.0219. The number of aromatic nitrogens is 2. The predicted molar refractivity (Wildman–Crippen MR) is 173 cm³/mol. The largest absolute Gasteiger partial charge is 0.496 e. The van der Waals surface area contributed by atoms with Crippen molar-refractivity contribution in [2.75, 3.05) is 13.7 Å². The molecule has 226 valence electrons. The Morgan fingerprint density at radius 3 is 2.58 bits per heavy atom. The standard InChI is InChI=1S/C36H30FN3O5/c1-4-11-24-18-23(19-32(43-5-2)34(24)44-22-25-12-6-8-14-28(25)37)21-38-40-35(39-29-15-9-7-13-26(29)36(40)41)33-20-27-30(42-3)16-10-17-31(27)45-33/h4,6-10,12-21H,1,5,11,22H2,2-3H3. The molecule has 45 heavy (non-hydrogen) atoms. The zero-order chi connectivity index (χ0) is 31.3. The van der Waals surface area contributed by atoms with E-state index in [0.29, 0.717) is 63.6 Å². The van der Waals surface area contributed by atoms with E-state index in [9.17, 15) is 9.18 Å². The van der Waals surface area contributed by atoms with Crippen molar-refractivity contribution in [2.45, 2.75) is 20.0 Å². The highest BCUT2D eigenvalue weighted by molar-refractivity contribution is 5.89. The van der Waals surface area contributed by atoms with Gasteiger partial charge in [-0.2, -0.15) is 9.78 Å². The Balaban J connectivity index is 1.45. The van der Waals surface area contributed by atoms with Crippen LogP contribution >= 0.6 is 0 Å². The Kier molecular flexibility index (Phi) is 8.41. The molecule has 6 rings (SSSR count). The molecule has 0 aliphatic heterocycles. The van der Waals surface area contributed by atoms with Crippen LogP contribution in [0.15, 0.2) is 112 Å². The molecule has 2 heterocycles. The van der Waals surface area contributed by atoms with Crippen LogP contribution in [0.25, 0.3) is 33.5 Å². The van der Waals surface area contributed by atoms with E-state index in [1.54, 1.807) is 67.9 Å². The van der Waals surface area contributed by atoms with Gasteiger partial charge in [0.05, 0.1) is 36.2 Å². The molecule has 8 nitrogen and oxygen atoms in total. The fraction of sp³-hybridized carbons (Fsp3) is 0.139. The summed E-state index contributed by atoms with van der Waals surface area (Å²) in [5.41, 5.74) is 2.57. The molecule has 0 saturated carbocycles. The van der Waals surface area contributed by atoms with Crippen LogP contribution in [0.2, 0.25) is 0 Å². The second-order valence-corrected chi connectivity index (χ2v) is 10.1. The normalized spacial score (nSPS) is 11.4. The highest BCUT2D eigenvalue weighted by atomic mass is 19.1. The lowest BCUT2D eigenvalue weighted by atomic mass is 10.1. The third-order valence-electron chi connectivity index (χ3n) is 7.19. The van der Waals surface area contributed by atoms with Gasteiger partial charge < -0.3 is 18.6 Å². The maximum absolute atomic E-state index is 14.3. The monoisotopic (exact) mass is 603 g/mol. The Labute approximate surface area is 258 Å². The molecule has 2 aromatic heterocycles. The summed E-state index contributed by atoms with van der Waals surface area (Å²) in [7, 11) is 1.59. The van der Waals surface area contributed by atoms with Gasteiger partial charge in [0.25, 0.3) is 5.56 Å². The van der Waals surface area contributed by atoms with E-state index in [4.69, 9.17) is 23.6 Å². The summed E-state index contributed by atoms with van der Waals surface area (Å²) in [5, 5.41) is 5.76. The van der Waals surface area contributed by atoms with Crippen LogP contribution in [0.1, 0.15) is 23.6 Å². The van der Waals surface area contributed by atoms with Crippen LogP contribution in [-0.4, -0.2) is 29.6 Å². The lowest BCUT2D eigenvalue weighted by Crippen LogP contribution is -2.20. The van der Waals surface area contributed by atoms with Gasteiger partial charge in [0.15, 0.2) is 17.3 Å². The van der Waals surface area contributed by atoms with E-state index in [1.807, 2.05) is 37.3 Å². The molecular formula is C36H30FN3O5. The molecule has 4 aromatic carbocycles. The van der Waals surface area contributed by atoms with Crippen LogP contribution in [-0.2, 0) is 13.0 Å². The Hall–Kier alpha value is -5.70. The van der Waals surface area contributed by atoms with Crippen molar-refractivity contribution < 1.29 is 23.0 Å². The van der Waals surface area contributed by atoms with Gasteiger partial charge in [-0.15, -0.1) is 6.58 Å². The molecular weight excluding hydrogens is 573 g/mol. The maximum atomic E-state index is 14.3. The molecule has 0 radical (unpaired) electrons. The molecule has 9 heteroatoms. The Morgan fingerprint density at radius 2 is 1.78 bits per heavy atom. The van der Waals surface area contributed by atoms with Crippen molar-refractivity contribution in [1.82, 2.24) is 9.66 Å². The van der Waals surface area contributed by atoms with E-state index in [2.05, 4.69) is 11.7 Å². The van der Waals surface area contributed by atoms with Gasteiger partial charge in [0, 0.05) is 11.1 Å². The smallest absolute Gasteiger partial charge is 0.282 e. The molecule has 0 bridgehead atoms. The number of fused-ring (bicyclic) bond motifs is 2. The van der Waals surface area contributed by atoms with Gasteiger partial charge >= 0.3 is 0 Å². The van der Waals surface area contributed by atoms with E-state index >= 15 is 0 Å². The second kappa shape index (κ2) is 12.9. The van der Waals surface area contributed by atoms with Crippen molar-refractivity contribution in [3.05, 3.63) is 130 Å². The fourth-order valence-electron chi connectivity index (χ4n) is 5.09. The number of ether oxygens (including phenoxy) is 3. The van der Waals surface area contributed by atoms with E-state index in [-0.39, 0.29) is 23.8 Å². The van der Waals surface area contributed by atoms with E-state index in [0.717, 1.165) is 10.9 Å². The molecule has 0 atom stereocenters. The van der Waals surface area contributed by atoms with E-state index < -0.39 is 0 Å². The van der Waals surface area contributed by atoms with Crippen molar-refractivity contribution in [2.24, 2.45) is 5.10 Å². The van der Waals surface area contributed by atoms with Crippen LogP contribution in [0.4, 0.5) is 4.39 Å². The van der Waals surface area contributed by atoms with Gasteiger partial charge in [0.1, 0.15) is 23.8 Å². The average Bonchev–Trinajstić information content (AvgIpc) is 3.49. The summed E-state index contributed by atoms with van der Waals surface area (Å²) in [6.45, 7) is 6.14. The third kappa shape index (κ3) is 5.92. The van der Waals surface area contributed by atoms with Gasteiger partial charge in [-0.1, -0.05) is 42.5 Å². The van der Waals surface area contributed by atoms with Gasteiger partial charge in [0.2, 0.25) is 5.82 Å². The molecule has 0 N–H and O–H groups in total. The predicted octanol–water partition coefficient (Wildman–Crippen LogP) is 7.55. The molecule has 0 spiro atoms. The lowest BCUT2D eigenvalue weighted by molar-refractivity contribution is 0.263. The number of halogens is 1. The van der Waals surface area contributed by atoms with Gasteiger partial charge in [-0.05, 0) is 67.4 Å². The summed E-state index contributed by atoms with van der Waals surface area (Å²) >= 11 is 0. The second-order valence-electron chi connectivity index (χ2n) is 10.1. The van der Waals surface area contributed by atoms with Crippen LogP contribution in [0.3, 0.4) is 0 Å². The highest BCUT2D eigenvalue weighted by Crippen LogP contribution is 2.35. The summed E-state index contributed by atoms with van der Waals surface area (Å²) in [5.74, 6) is 1.82. The molecule has 0 aliphatic carbocycles. The zero-order valence-electron chi connectivity index (χ0n) is 24.8. The number of hydrogen-bond acceptors (Lipinski definition) is 7. The van der Waals surface area contributed by atoms with E-state index in [1.165, 1.54) is 10.7 Å². The SMILES string of the molecule is C=CCc1cc(C=Nn2c(-c3cc4c(OC)cccc4o3)nc3ccccc3c2=O)cc(OCC)c1OCc1ccccc1F. The molecule has 0 aliphatic rings. The van der Waals surface area contributed by atoms with Crippen LogP contribution < -0.4 is 19.8 Å². The number of hydrogen-bond donors (Lipinski definition) is 0. The maximum Gasteiger partial charge on any atom is 0.282 e. The average molecular weight is 604 g/mol. The summed E-state index contributed by atoms with van der Waals surface area (Å²) in [4.78, 5) is 18.5. The minimum Gasteiger partial charge on any atom is -0.496 e. The fourth-order valence-corrected chi connectivity index (χ4v) is 5.09. The number of rotatable bonds is 11. The first-order chi connectivity index (χ1) is 22.0. The first-order valence-electron chi connectivity index (χ1n) is 14.4.